The van der Waals surface area contributed by atoms with Crippen molar-refractivity contribution < 1.29 is 9.84 Å². The number of guanidine groups is 1. The van der Waals surface area contributed by atoms with Gasteiger partial charge in [-0.3, -0.25) is 4.99 Å². The Kier molecular flexibility index (Phi) is 7.63. The van der Waals surface area contributed by atoms with Crippen molar-refractivity contribution >= 4 is 27.4 Å². The van der Waals surface area contributed by atoms with Gasteiger partial charge in [0, 0.05) is 29.7 Å². The Labute approximate surface area is 176 Å². The van der Waals surface area contributed by atoms with E-state index >= 15 is 0 Å². The fraction of sp³-hybridized carbons (Fsp3) is 0.348. The molecule has 3 rings (SSSR count). The molecule has 3 aromatic rings. The van der Waals surface area contributed by atoms with Crippen LogP contribution in [-0.4, -0.2) is 30.8 Å². The normalized spacial score (nSPS) is 13.1. The summed E-state index contributed by atoms with van der Waals surface area (Å²) in [4.78, 5) is 5.21. The van der Waals surface area contributed by atoms with Crippen molar-refractivity contribution in [3.63, 3.8) is 0 Å². The van der Waals surface area contributed by atoms with E-state index in [9.17, 15) is 5.11 Å². The third kappa shape index (κ3) is 6.29. The Morgan fingerprint density at radius 3 is 2.62 bits per heavy atom. The standard InChI is InChI=1S/C23H29N3O2S/c1-16(2)28-15-18-8-6-7-17(11-18)13-25-23(24-3)26-14-20(27)22-12-19-9-4-5-10-21(19)29-22/h4-12,16,20,27H,13-15H2,1-3H3,(H2,24,25,26). The van der Waals surface area contributed by atoms with Crippen molar-refractivity contribution in [3.05, 3.63) is 70.6 Å². The van der Waals surface area contributed by atoms with Gasteiger partial charge in [0.1, 0.15) is 6.10 Å². The second-order valence-corrected chi connectivity index (χ2v) is 8.30. The summed E-state index contributed by atoms with van der Waals surface area (Å²) in [5.41, 5.74) is 2.31. The molecule has 0 bridgehead atoms. The van der Waals surface area contributed by atoms with Crippen molar-refractivity contribution in [1.82, 2.24) is 10.6 Å². The summed E-state index contributed by atoms with van der Waals surface area (Å²) in [5.74, 6) is 0.661. The first-order valence-electron chi connectivity index (χ1n) is 9.85. The molecule has 0 radical (unpaired) electrons. The molecule has 0 aliphatic heterocycles. The minimum absolute atomic E-state index is 0.215. The van der Waals surface area contributed by atoms with Gasteiger partial charge in [-0.15, -0.1) is 11.3 Å². The zero-order chi connectivity index (χ0) is 20.6. The van der Waals surface area contributed by atoms with E-state index in [0.717, 1.165) is 21.4 Å². The smallest absolute Gasteiger partial charge is 0.191 e. The summed E-state index contributed by atoms with van der Waals surface area (Å²) < 4.78 is 6.86. The summed E-state index contributed by atoms with van der Waals surface area (Å²) in [5, 5.41) is 18.2. The van der Waals surface area contributed by atoms with Crippen LogP contribution < -0.4 is 10.6 Å². The lowest BCUT2D eigenvalue weighted by molar-refractivity contribution is 0.0657. The number of rotatable bonds is 8. The van der Waals surface area contributed by atoms with Crippen LogP contribution in [0.15, 0.2) is 59.6 Å². The van der Waals surface area contributed by atoms with Crippen LogP contribution in [0.1, 0.15) is 36.0 Å². The first-order chi connectivity index (χ1) is 14.0. The number of ether oxygens (including phenoxy) is 1. The number of benzene rings is 2. The van der Waals surface area contributed by atoms with Crippen molar-refractivity contribution in [2.24, 2.45) is 4.99 Å². The number of aliphatic imine (C=N–C) groups is 1. The molecule has 29 heavy (non-hydrogen) atoms. The molecule has 0 saturated heterocycles. The predicted octanol–water partition coefficient (Wildman–Crippen LogP) is 4.22. The summed E-state index contributed by atoms with van der Waals surface area (Å²) in [7, 11) is 1.73. The van der Waals surface area contributed by atoms with Gasteiger partial charge in [-0.1, -0.05) is 42.5 Å². The Morgan fingerprint density at radius 2 is 1.86 bits per heavy atom. The Morgan fingerprint density at radius 1 is 1.07 bits per heavy atom. The number of thiophene rings is 1. The minimum Gasteiger partial charge on any atom is -0.386 e. The summed E-state index contributed by atoms with van der Waals surface area (Å²) in [6, 6.07) is 18.5. The highest BCUT2D eigenvalue weighted by molar-refractivity contribution is 7.19. The van der Waals surface area contributed by atoms with Crippen LogP contribution in [0.5, 0.6) is 0 Å². The van der Waals surface area contributed by atoms with E-state index in [1.54, 1.807) is 18.4 Å². The van der Waals surface area contributed by atoms with E-state index in [4.69, 9.17) is 4.74 Å². The van der Waals surface area contributed by atoms with Crippen molar-refractivity contribution in [2.75, 3.05) is 13.6 Å². The molecule has 1 unspecified atom stereocenters. The van der Waals surface area contributed by atoms with E-state index in [1.165, 1.54) is 4.70 Å². The molecular weight excluding hydrogens is 382 g/mol. The van der Waals surface area contributed by atoms with Crippen LogP contribution in [-0.2, 0) is 17.9 Å². The first kappa shape index (κ1) is 21.3. The fourth-order valence-corrected chi connectivity index (χ4v) is 4.01. The van der Waals surface area contributed by atoms with Crippen LogP contribution in [0, 0.1) is 0 Å². The number of nitrogens with zero attached hydrogens (tertiary/aromatic N) is 1. The first-order valence-corrected chi connectivity index (χ1v) is 10.7. The molecule has 1 aromatic heterocycles. The van der Waals surface area contributed by atoms with E-state index in [0.29, 0.717) is 25.7 Å². The monoisotopic (exact) mass is 411 g/mol. The van der Waals surface area contributed by atoms with Gasteiger partial charge in [0.15, 0.2) is 5.96 Å². The average Bonchev–Trinajstić information content (AvgIpc) is 3.17. The summed E-state index contributed by atoms with van der Waals surface area (Å²) >= 11 is 1.62. The van der Waals surface area contributed by atoms with Gasteiger partial charge >= 0.3 is 0 Å². The maximum atomic E-state index is 10.5. The fourth-order valence-electron chi connectivity index (χ4n) is 2.96. The molecule has 154 valence electrons. The molecule has 0 aliphatic carbocycles. The highest BCUT2D eigenvalue weighted by atomic mass is 32.1. The maximum Gasteiger partial charge on any atom is 0.191 e. The van der Waals surface area contributed by atoms with E-state index < -0.39 is 6.10 Å². The lowest BCUT2D eigenvalue weighted by Crippen LogP contribution is -2.38. The van der Waals surface area contributed by atoms with Gasteiger partial charge in [0.05, 0.1) is 12.7 Å². The van der Waals surface area contributed by atoms with Crippen molar-refractivity contribution in [3.8, 4) is 0 Å². The Hall–Kier alpha value is -2.41. The Bertz CT molecular complexity index is 919. The topological polar surface area (TPSA) is 65.9 Å². The quantitative estimate of drug-likeness (QED) is 0.383. The second kappa shape index (κ2) is 10.4. The maximum absolute atomic E-state index is 10.5. The van der Waals surface area contributed by atoms with Crippen LogP contribution in [0.2, 0.25) is 0 Å². The third-order valence-electron chi connectivity index (χ3n) is 4.49. The van der Waals surface area contributed by atoms with Gasteiger partial charge < -0.3 is 20.5 Å². The molecule has 2 aromatic carbocycles. The van der Waals surface area contributed by atoms with Gasteiger partial charge in [0.2, 0.25) is 0 Å². The van der Waals surface area contributed by atoms with Gasteiger partial charge in [-0.05, 0) is 42.5 Å². The molecule has 0 fully saturated rings. The molecule has 6 heteroatoms. The van der Waals surface area contributed by atoms with Crippen LogP contribution in [0.4, 0.5) is 0 Å². The van der Waals surface area contributed by atoms with Crippen molar-refractivity contribution in [1.29, 1.82) is 0 Å². The molecule has 0 aliphatic rings. The number of fused-ring (bicyclic) bond motifs is 1. The third-order valence-corrected chi connectivity index (χ3v) is 5.71. The zero-order valence-electron chi connectivity index (χ0n) is 17.2. The molecule has 0 amide bonds. The SMILES string of the molecule is CN=C(NCc1cccc(COC(C)C)c1)NCC(O)c1cc2ccccc2s1. The van der Waals surface area contributed by atoms with E-state index in [2.05, 4.69) is 46.0 Å². The molecule has 5 nitrogen and oxygen atoms in total. The van der Waals surface area contributed by atoms with Crippen molar-refractivity contribution in [2.45, 2.75) is 39.2 Å². The molecule has 0 saturated carbocycles. The zero-order valence-corrected chi connectivity index (χ0v) is 18.0. The Balaban J connectivity index is 1.51. The molecule has 1 heterocycles. The molecular formula is C23H29N3O2S. The lowest BCUT2D eigenvalue weighted by atomic mass is 10.1. The van der Waals surface area contributed by atoms with E-state index in [1.807, 2.05) is 38.1 Å². The largest absolute Gasteiger partial charge is 0.386 e. The summed E-state index contributed by atoms with van der Waals surface area (Å²) in [6.45, 7) is 5.73. The van der Waals surface area contributed by atoms with E-state index in [-0.39, 0.29) is 6.10 Å². The van der Waals surface area contributed by atoms with Gasteiger partial charge in [-0.25, -0.2) is 0 Å². The number of hydrogen-bond acceptors (Lipinski definition) is 4. The number of hydrogen-bond donors (Lipinski definition) is 3. The highest BCUT2D eigenvalue weighted by Crippen LogP contribution is 2.29. The predicted molar refractivity (Wildman–Crippen MR) is 121 cm³/mol. The lowest BCUT2D eigenvalue weighted by Gasteiger charge is -2.15. The van der Waals surface area contributed by atoms with Gasteiger partial charge in [0.25, 0.3) is 0 Å². The highest BCUT2D eigenvalue weighted by Gasteiger charge is 2.12. The molecule has 1 atom stereocenters. The van der Waals surface area contributed by atoms with Crippen LogP contribution in [0.25, 0.3) is 10.1 Å². The number of aliphatic hydroxyl groups excluding tert-OH is 1. The minimum atomic E-state index is -0.581. The number of nitrogens with one attached hydrogen (secondary N) is 2. The summed E-state index contributed by atoms with van der Waals surface area (Å²) in [6.07, 6.45) is -0.366. The van der Waals surface area contributed by atoms with Crippen LogP contribution >= 0.6 is 11.3 Å². The molecule has 3 N–H and O–H groups in total. The van der Waals surface area contributed by atoms with Gasteiger partial charge in [-0.2, -0.15) is 0 Å². The second-order valence-electron chi connectivity index (χ2n) is 7.19. The average molecular weight is 412 g/mol. The number of aliphatic hydroxyl groups is 1. The van der Waals surface area contributed by atoms with Crippen LogP contribution in [0.3, 0.4) is 0 Å². The molecule has 0 spiro atoms.